The predicted molar refractivity (Wildman–Crippen MR) is 116 cm³/mol. The molecule has 2 aromatic carbocycles. The quantitative estimate of drug-likeness (QED) is 0.626. The summed E-state index contributed by atoms with van der Waals surface area (Å²) in [4.78, 5) is 19.0. The summed E-state index contributed by atoms with van der Waals surface area (Å²) in [5.74, 6) is 0.544. The van der Waals surface area contributed by atoms with Gasteiger partial charge in [-0.25, -0.2) is 18.6 Å². The van der Waals surface area contributed by atoms with Gasteiger partial charge in [0.1, 0.15) is 17.5 Å². The maximum Gasteiger partial charge on any atom is 0.321 e. The normalized spacial score (nSPS) is 16.4. The number of halogens is 2. The van der Waals surface area contributed by atoms with E-state index in [1.165, 1.54) is 18.2 Å². The van der Waals surface area contributed by atoms with Gasteiger partial charge in [-0.1, -0.05) is 24.3 Å². The molecule has 4 rings (SSSR count). The van der Waals surface area contributed by atoms with Gasteiger partial charge in [-0.15, -0.1) is 0 Å². The zero-order valence-electron chi connectivity index (χ0n) is 17.5. The van der Waals surface area contributed by atoms with Crippen LogP contribution in [-0.2, 0) is 13.0 Å². The molecule has 2 heterocycles. The monoisotopic (exact) mass is 424 g/mol. The van der Waals surface area contributed by atoms with E-state index in [2.05, 4.69) is 14.9 Å². The van der Waals surface area contributed by atoms with Crippen LogP contribution in [0.2, 0.25) is 0 Å². The molecule has 31 heavy (non-hydrogen) atoms. The highest BCUT2D eigenvalue weighted by molar-refractivity contribution is 5.89. The smallest absolute Gasteiger partial charge is 0.321 e. The third-order valence-corrected chi connectivity index (χ3v) is 5.78. The number of carbonyl (C=O) groups excluding carboxylic acids is 1. The highest BCUT2D eigenvalue weighted by atomic mass is 19.1. The maximum absolute atomic E-state index is 13.9. The molecule has 162 valence electrons. The second kappa shape index (κ2) is 9.29. The molecule has 1 aliphatic rings. The summed E-state index contributed by atoms with van der Waals surface area (Å²) in [6.45, 7) is 3.89. The van der Waals surface area contributed by atoms with Crippen LogP contribution in [0.15, 0.2) is 54.7 Å². The SMILES string of the molecule is Cc1cnc(CC2CCCN(C(=O)Nc3ccccc3F)C2)n1Cc1ccc(F)cc1. The lowest BCUT2D eigenvalue weighted by molar-refractivity contribution is 0.176. The van der Waals surface area contributed by atoms with Crippen molar-refractivity contribution in [1.29, 1.82) is 0 Å². The van der Waals surface area contributed by atoms with Gasteiger partial charge in [0.25, 0.3) is 0 Å². The fraction of sp³-hybridized carbons (Fsp3) is 0.333. The van der Waals surface area contributed by atoms with Crippen molar-refractivity contribution in [2.45, 2.75) is 32.7 Å². The molecule has 0 radical (unpaired) electrons. The third kappa shape index (κ3) is 5.10. The largest absolute Gasteiger partial charge is 0.328 e. The molecule has 0 aliphatic carbocycles. The van der Waals surface area contributed by atoms with Crippen molar-refractivity contribution in [2.75, 3.05) is 18.4 Å². The predicted octanol–water partition coefficient (Wildman–Crippen LogP) is 5.00. The number of para-hydroxylation sites is 1. The molecule has 0 saturated carbocycles. The molecule has 7 heteroatoms. The maximum atomic E-state index is 13.9. The molecular formula is C24H26F2N4O. The number of nitrogens with one attached hydrogen (secondary N) is 1. The van der Waals surface area contributed by atoms with Crippen molar-refractivity contribution >= 4 is 11.7 Å². The number of carbonyl (C=O) groups is 1. The standard InChI is InChI=1S/C24H26F2N4O/c1-17-14-27-23(30(17)16-18-8-10-20(25)11-9-18)13-19-5-4-12-29(15-19)24(31)28-22-7-3-2-6-21(22)26/h2-3,6-11,14,19H,4-5,12-13,15-16H2,1H3,(H,28,31). The molecule has 0 bridgehead atoms. The number of piperidine rings is 1. The van der Waals surface area contributed by atoms with Gasteiger partial charge < -0.3 is 14.8 Å². The second-order valence-corrected chi connectivity index (χ2v) is 8.10. The first kappa shape index (κ1) is 21.0. The van der Waals surface area contributed by atoms with Crippen molar-refractivity contribution in [3.05, 3.63) is 83.4 Å². The molecule has 3 aromatic rings. The number of imidazole rings is 1. The minimum Gasteiger partial charge on any atom is -0.328 e. The van der Waals surface area contributed by atoms with Crippen molar-refractivity contribution < 1.29 is 13.6 Å². The summed E-state index contributed by atoms with van der Waals surface area (Å²) in [5.41, 5.74) is 2.25. The summed E-state index contributed by atoms with van der Waals surface area (Å²) >= 11 is 0. The molecular weight excluding hydrogens is 398 g/mol. The van der Waals surface area contributed by atoms with Crippen LogP contribution in [0.5, 0.6) is 0 Å². The summed E-state index contributed by atoms with van der Waals surface area (Å²) in [6, 6.07) is 12.4. The van der Waals surface area contributed by atoms with Gasteiger partial charge in [0, 0.05) is 37.9 Å². The van der Waals surface area contributed by atoms with E-state index in [1.54, 1.807) is 35.2 Å². The van der Waals surface area contributed by atoms with E-state index in [9.17, 15) is 13.6 Å². The first-order chi connectivity index (χ1) is 15.0. The van der Waals surface area contributed by atoms with Crippen molar-refractivity contribution in [3.8, 4) is 0 Å². The molecule has 2 amide bonds. The van der Waals surface area contributed by atoms with Gasteiger partial charge in [0.15, 0.2) is 0 Å². The number of likely N-dealkylation sites (tertiary alicyclic amines) is 1. The Morgan fingerprint density at radius 1 is 1.16 bits per heavy atom. The van der Waals surface area contributed by atoms with E-state index in [-0.39, 0.29) is 23.5 Å². The number of hydrogen-bond donors (Lipinski definition) is 1. The van der Waals surface area contributed by atoms with E-state index in [0.717, 1.165) is 36.3 Å². The van der Waals surface area contributed by atoms with E-state index in [0.29, 0.717) is 19.6 Å². The molecule has 1 aliphatic heterocycles. The van der Waals surface area contributed by atoms with Crippen LogP contribution in [0.1, 0.15) is 29.9 Å². The Kier molecular flexibility index (Phi) is 6.30. The van der Waals surface area contributed by atoms with Crippen LogP contribution in [0, 0.1) is 24.5 Å². The van der Waals surface area contributed by atoms with Crippen LogP contribution >= 0.6 is 0 Å². The Morgan fingerprint density at radius 3 is 2.71 bits per heavy atom. The highest BCUT2D eigenvalue weighted by Gasteiger charge is 2.26. The topological polar surface area (TPSA) is 50.2 Å². The Balaban J connectivity index is 1.41. The lowest BCUT2D eigenvalue weighted by Crippen LogP contribution is -2.43. The molecule has 1 atom stereocenters. The van der Waals surface area contributed by atoms with Gasteiger partial charge >= 0.3 is 6.03 Å². The first-order valence-corrected chi connectivity index (χ1v) is 10.6. The number of amides is 2. The number of rotatable bonds is 5. The number of anilines is 1. The average Bonchev–Trinajstić information content (AvgIpc) is 3.10. The number of nitrogens with zero attached hydrogens (tertiary/aromatic N) is 3. The van der Waals surface area contributed by atoms with E-state index >= 15 is 0 Å². The van der Waals surface area contributed by atoms with E-state index < -0.39 is 5.82 Å². The van der Waals surface area contributed by atoms with Gasteiger partial charge in [0.2, 0.25) is 0 Å². The lowest BCUT2D eigenvalue weighted by Gasteiger charge is -2.32. The zero-order chi connectivity index (χ0) is 21.8. The zero-order valence-corrected chi connectivity index (χ0v) is 17.5. The Hall–Kier alpha value is -3.22. The Bertz CT molecular complexity index is 1050. The summed E-state index contributed by atoms with van der Waals surface area (Å²) in [7, 11) is 0. The Labute approximate surface area is 180 Å². The minimum absolute atomic E-state index is 0.195. The van der Waals surface area contributed by atoms with Gasteiger partial charge in [0.05, 0.1) is 5.69 Å². The molecule has 1 N–H and O–H groups in total. The van der Waals surface area contributed by atoms with Crippen LogP contribution in [-0.4, -0.2) is 33.6 Å². The minimum atomic E-state index is -0.442. The molecule has 1 aromatic heterocycles. The first-order valence-electron chi connectivity index (χ1n) is 10.6. The fourth-order valence-electron chi connectivity index (χ4n) is 4.09. The number of urea groups is 1. The number of aromatic nitrogens is 2. The van der Waals surface area contributed by atoms with Gasteiger partial charge in [-0.05, 0) is 55.5 Å². The fourth-order valence-corrected chi connectivity index (χ4v) is 4.09. The molecule has 1 unspecified atom stereocenters. The van der Waals surface area contributed by atoms with Crippen LogP contribution in [0.25, 0.3) is 0 Å². The summed E-state index contributed by atoms with van der Waals surface area (Å²) in [5, 5.41) is 2.68. The molecule has 1 fully saturated rings. The van der Waals surface area contributed by atoms with Crippen molar-refractivity contribution in [1.82, 2.24) is 14.5 Å². The average molecular weight is 424 g/mol. The number of benzene rings is 2. The second-order valence-electron chi connectivity index (χ2n) is 8.10. The molecule has 0 spiro atoms. The highest BCUT2D eigenvalue weighted by Crippen LogP contribution is 2.23. The third-order valence-electron chi connectivity index (χ3n) is 5.78. The summed E-state index contributed by atoms with van der Waals surface area (Å²) in [6.07, 6.45) is 4.50. The summed E-state index contributed by atoms with van der Waals surface area (Å²) < 4.78 is 29.2. The molecule has 1 saturated heterocycles. The lowest BCUT2D eigenvalue weighted by atomic mass is 9.94. The van der Waals surface area contributed by atoms with Crippen LogP contribution in [0.3, 0.4) is 0 Å². The Morgan fingerprint density at radius 2 is 1.94 bits per heavy atom. The number of aryl methyl sites for hydroxylation is 1. The van der Waals surface area contributed by atoms with E-state index in [4.69, 9.17) is 0 Å². The van der Waals surface area contributed by atoms with Gasteiger partial charge in [-0.2, -0.15) is 0 Å². The van der Waals surface area contributed by atoms with Gasteiger partial charge in [-0.3, -0.25) is 0 Å². The van der Waals surface area contributed by atoms with Crippen molar-refractivity contribution in [2.24, 2.45) is 5.92 Å². The van der Waals surface area contributed by atoms with Crippen LogP contribution in [0.4, 0.5) is 19.3 Å². The molecule has 5 nitrogen and oxygen atoms in total. The van der Waals surface area contributed by atoms with Crippen molar-refractivity contribution in [3.63, 3.8) is 0 Å². The number of hydrogen-bond acceptors (Lipinski definition) is 2. The van der Waals surface area contributed by atoms with Crippen LogP contribution < -0.4 is 5.32 Å². The van der Waals surface area contributed by atoms with E-state index in [1.807, 2.05) is 13.1 Å².